The second kappa shape index (κ2) is 3.05. The fourth-order valence-corrected chi connectivity index (χ4v) is 1.39. The van der Waals surface area contributed by atoms with E-state index in [1.165, 1.54) is 0 Å². The van der Waals surface area contributed by atoms with Gasteiger partial charge in [0.15, 0.2) is 0 Å². The van der Waals surface area contributed by atoms with E-state index in [0.717, 1.165) is 5.57 Å². The van der Waals surface area contributed by atoms with Crippen molar-refractivity contribution < 1.29 is 15.0 Å². The Morgan fingerprint density at radius 3 is 2.73 bits per heavy atom. The van der Waals surface area contributed by atoms with Crippen LogP contribution in [0.25, 0.3) is 0 Å². The number of rotatable bonds is 1. The van der Waals surface area contributed by atoms with E-state index >= 15 is 0 Å². The Bertz CT molecular complexity index is 196. The first kappa shape index (κ1) is 8.27. The summed E-state index contributed by atoms with van der Waals surface area (Å²) in [6, 6.07) is 0. The number of aliphatic hydroxyl groups is 1. The summed E-state index contributed by atoms with van der Waals surface area (Å²) in [5.41, 5.74) is 0.774. The third-order valence-electron chi connectivity index (χ3n) is 2.05. The summed E-state index contributed by atoms with van der Waals surface area (Å²) in [4.78, 5) is 10.5. The second-order valence-electron chi connectivity index (χ2n) is 2.95. The van der Waals surface area contributed by atoms with E-state index in [9.17, 15) is 4.79 Å². The second-order valence-corrected chi connectivity index (χ2v) is 2.95. The Morgan fingerprint density at radius 2 is 2.27 bits per heavy atom. The molecule has 0 fully saturated rings. The Kier molecular flexibility index (Phi) is 2.29. The minimum Gasteiger partial charge on any atom is -0.481 e. The van der Waals surface area contributed by atoms with E-state index in [1.54, 1.807) is 13.0 Å². The Morgan fingerprint density at radius 1 is 1.64 bits per heavy atom. The average molecular weight is 156 g/mol. The zero-order valence-electron chi connectivity index (χ0n) is 6.45. The molecule has 2 atom stereocenters. The number of carbonyl (C=O) groups is 1. The van der Waals surface area contributed by atoms with Gasteiger partial charge in [-0.1, -0.05) is 11.6 Å². The summed E-state index contributed by atoms with van der Waals surface area (Å²) >= 11 is 0. The highest BCUT2D eigenvalue weighted by molar-refractivity contribution is 5.73. The lowest BCUT2D eigenvalue weighted by Crippen LogP contribution is -2.22. The van der Waals surface area contributed by atoms with E-state index in [-0.39, 0.29) is 5.92 Å². The third kappa shape index (κ3) is 1.80. The molecule has 11 heavy (non-hydrogen) atoms. The van der Waals surface area contributed by atoms with Crippen molar-refractivity contribution in [1.82, 2.24) is 0 Å². The zero-order valence-corrected chi connectivity index (χ0v) is 6.45. The van der Waals surface area contributed by atoms with Crippen LogP contribution in [0, 0.1) is 5.92 Å². The lowest BCUT2D eigenvalue weighted by Gasteiger charge is -2.20. The van der Waals surface area contributed by atoms with Gasteiger partial charge in [0, 0.05) is 0 Å². The van der Waals surface area contributed by atoms with Crippen molar-refractivity contribution in [2.45, 2.75) is 25.9 Å². The topological polar surface area (TPSA) is 57.5 Å². The molecule has 2 N–H and O–H groups in total. The summed E-state index contributed by atoms with van der Waals surface area (Å²) in [5.74, 6) is -1.16. The molecule has 1 aliphatic carbocycles. The van der Waals surface area contributed by atoms with Gasteiger partial charge in [0.1, 0.15) is 0 Å². The van der Waals surface area contributed by atoms with Crippen molar-refractivity contribution in [1.29, 1.82) is 0 Å². The fraction of sp³-hybridized carbons (Fsp3) is 0.625. The zero-order chi connectivity index (χ0) is 8.43. The largest absolute Gasteiger partial charge is 0.481 e. The third-order valence-corrected chi connectivity index (χ3v) is 2.05. The molecule has 0 aromatic carbocycles. The van der Waals surface area contributed by atoms with Gasteiger partial charge in [-0.3, -0.25) is 4.79 Å². The van der Waals surface area contributed by atoms with Crippen molar-refractivity contribution in [3.8, 4) is 0 Å². The Balaban J connectivity index is 2.72. The van der Waals surface area contributed by atoms with Crippen LogP contribution in [0.15, 0.2) is 11.6 Å². The molecule has 1 aliphatic rings. The summed E-state index contributed by atoms with van der Waals surface area (Å²) in [6.07, 6.45) is 2.31. The summed E-state index contributed by atoms with van der Waals surface area (Å²) in [6.45, 7) is 1.75. The predicted octanol–water partition coefficient (Wildman–Crippen LogP) is 0.788. The van der Waals surface area contributed by atoms with Crippen molar-refractivity contribution in [3.05, 3.63) is 11.6 Å². The number of carboxylic acid groups (broad SMARTS) is 1. The van der Waals surface area contributed by atoms with Crippen LogP contribution in [0.4, 0.5) is 0 Å². The first-order valence-electron chi connectivity index (χ1n) is 3.70. The maximum Gasteiger partial charge on any atom is 0.310 e. The SMILES string of the molecule is CC1=CC(O)CCC1C(=O)O. The molecule has 0 heterocycles. The number of carboxylic acids is 1. The van der Waals surface area contributed by atoms with Gasteiger partial charge >= 0.3 is 5.97 Å². The molecule has 0 aromatic heterocycles. The van der Waals surface area contributed by atoms with Gasteiger partial charge < -0.3 is 10.2 Å². The fourth-order valence-electron chi connectivity index (χ4n) is 1.39. The predicted molar refractivity (Wildman–Crippen MR) is 40.1 cm³/mol. The molecule has 0 amide bonds. The highest BCUT2D eigenvalue weighted by atomic mass is 16.4. The quantitative estimate of drug-likeness (QED) is 0.552. The molecule has 0 aromatic rings. The minimum atomic E-state index is -0.786. The molecule has 62 valence electrons. The first-order chi connectivity index (χ1) is 5.11. The lowest BCUT2D eigenvalue weighted by molar-refractivity contribution is -0.140. The smallest absolute Gasteiger partial charge is 0.310 e. The summed E-state index contributed by atoms with van der Waals surface area (Å²) in [7, 11) is 0. The van der Waals surface area contributed by atoms with Gasteiger partial charge in [0.2, 0.25) is 0 Å². The van der Waals surface area contributed by atoms with E-state index in [0.29, 0.717) is 12.8 Å². The van der Waals surface area contributed by atoms with Gasteiger partial charge in [-0.25, -0.2) is 0 Å². The van der Waals surface area contributed by atoms with Gasteiger partial charge in [-0.2, -0.15) is 0 Å². The van der Waals surface area contributed by atoms with Gasteiger partial charge in [-0.05, 0) is 19.8 Å². The van der Waals surface area contributed by atoms with Crippen LogP contribution in [-0.2, 0) is 4.79 Å². The molecule has 0 radical (unpaired) electrons. The number of hydrogen-bond donors (Lipinski definition) is 2. The van der Waals surface area contributed by atoms with Crippen molar-refractivity contribution >= 4 is 5.97 Å². The monoisotopic (exact) mass is 156 g/mol. The molecule has 0 aliphatic heterocycles. The van der Waals surface area contributed by atoms with Gasteiger partial charge in [0.05, 0.1) is 12.0 Å². The van der Waals surface area contributed by atoms with Crippen LogP contribution < -0.4 is 0 Å². The maximum absolute atomic E-state index is 10.5. The van der Waals surface area contributed by atoms with E-state index in [4.69, 9.17) is 10.2 Å². The van der Waals surface area contributed by atoms with Crippen molar-refractivity contribution in [2.24, 2.45) is 5.92 Å². The van der Waals surface area contributed by atoms with Crippen LogP contribution in [0.3, 0.4) is 0 Å². The summed E-state index contributed by atoms with van der Waals surface area (Å²) in [5, 5.41) is 17.8. The van der Waals surface area contributed by atoms with Crippen LogP contribution >= 0.6 is 0 Å². The van der Waals surface area contributed by atoms with Crippen molar-refractivity contribution in [3.63, 3.8) is 0 Å². The molecule has 2 unspecified atom stereocenters. The van der Waals surface area contributed by atoms with Crippen LogP contribution in [0.5, 0.6) is 0 Å². The number of aliphatic hydroxyl groups excluding tert-OH is 1. The molecule has 1 rings (SSSR count). The minimum absolute atomic E-state index is 0.376. The van der Waals surface area contributed by atoms with E-state index in [1.807, 2.05) is 0 Å². The molecule has 0 saturated carbocycles. The number of aliphatic carboxylic acids is 1. The van der Waals surface area contributed by atoms with Gasteiger partial charge in [0.25, 0.3) is 0 Å². The molecular formula is C8H12O3. The molecule has 0 bridgehead atoms. The first-order valence-corrected chi connectivity index (χ1v) is 3.70. The van der Waals surface area contributed by atoms with Crippen LogP contribution in [0.1, 0.15) is 19.8 Å². The number of hydrogen-bond acceptors (Lipinski definition) is 2. The maximum atomic E-state index is 10.5. The average Bonchev–Trinajstić information content (AvgIpc) is 1.85. The van der Waals surface area contributed by atoms with Crippen LogP contribution in [0.2, 0.25) is 0 Å². The molecule has 3 heteroatoms. The molecule has 3 nitrogen and oxygen atoms in total. The Labute approximate surface area is 65.3 Å². The molecular weight excluding hydrogens is 144 g/mol. The van der Waals surface area contributed by atoms with Crippen molar-refractivity contribution in [2.75, 3.05) is 0 Å². The summed E-state index contributed by atoms with van der Waals surface area (Å²) < 4.78 is 0. The molecule has 0 spiro atoms. The van der Waals surface area contributed by atoms with E-state index in [2.05, 4.69) is 0 Å². The normalized spacial score (nSPS) is 31.3. The lowest BCUT2D eigenvalue weighted by atomic mass is 9.87. The highest BCUT2D eigenvalue weighted by Crippen LogP contribution is 2.24. The van der Waals surface area contributed by atoms with E-state index < -0.39 is 12.1 Å². The molecule has 0 saturated heterocycles. The van der Waals surface area contributed by atoms with Crippen LogP contribution in [-0.4, -0.2) is 22.3 Å². The standard InChI is InChI=1S/C8H12O3/c1-5-4-6(9)2-3-7(5)8(10)11/h4,6-7,9H,2-3H2,1H3,(H,10,11). The highest BCUT2D eigenvalue weighted by Gasteiger charge is 2.24. The Hall–Kier alpha value is -0.830. The van der Waals surface area contributed by atoms with Gasteiger partial charge in [-0.15, -0.1) is 0 Å².